The van der Waals surface area contributed by atoms with Crippen molar-refractivity contribution in [2.45, 2.75) is 12.8 Å². The Morgan fingerprint density at radius 1 is 1.13 bits per heavy atom. The Kier molecular flexibility index (Phi) is 6.75. The molecule has 0 spiro atoms. The first-order valence-corrected chi connectivity index (χ1v) is 9.48. The number of benzene rings is 2. The fraction of sp³-hybridized carbons (Fsp3) is 0.217. The second-order valence-electron chi connectivity index (χ2n) is 6.73. The van der Waals surface area contributed by atoms with Crippen LogP contribution < -0.4 is 14.8 Å². The summed E-state index contributed by atoms with van der Waals surface area (Å²) in [5, 5.41) is 13.4. The summed E-state index contributed by atoms with van der Waals surface area (Å²) < 4.78 is 10.3. The van der Waals surface area contributed by atoms with Gasteiger partial charge in [0.25, 0.3) is 0 Å². The first-order chi connectivity index (χ1) is 14.5. The number of nitrogens with one attached hydrogen (secondary N) is 2. The van der Waals surface area contributed by atoms with Gasteiger partial charge in [-0.15, -0.1) is 0 Å². The molecule has 0 saturated heterocycles. The number of methoxy groups -OCH3 is 2. The van der Waals surface area contributed by atoms with Crippen molar-refractivity contribution in [2.75, 3.05) is 20.8 Å². The van der Waals surface area contributed by atoms with Crippen molar-refractivity contribution in [3.05, 3.63) is 59.8 Å². The molecule has 3 aromatic rings. The van der Waals surface area contributed by atoms with Gasteiger partial charge in [0.05, 0.1) is 20.6 Å². The monoisotopic (exact) mass is 408 g/mol. The van der Waals surface area contributed by atoms with E-state index in [9.17, 15) is 14.7 Å². The molecule has 0 aliphatic rings. The summed E-state index contributed by atoms with van der Waals surface area (Å²) in [5.74, 6) is 0.476. The van der Waals surface area contributed by atoms with Crippen molar-refractivity contribution in [3.63, 3.8) is 0 Å². The van der Waals surface area contributed by atoms with E-state index in [1.807, 2.05) is 24.4 Å². The van der Waals surface area contributed by atoms with Crippen LogP contribution >= 0.6 is 0 Å². The van der Waals surface area contributed by atoms with Gasteiger partial charge >= 0.3 is 0 Å². The fourth-order valence-electron chi connectivity index (χ4n) is 3.09. The molecule has 7 nitrogen and oxygen atoms in total. The van der Waals surface area contributed by atoms with E-state index in [4.69, 9.17) is 9.47 Å². The third kappa shape index (κ3) is 5.20. The summed E-state index contributed by atoms with van der Waals surface area (Å²) in [5.41, 5.74) is 2.76. The SMILES string of the molecule is COc1ccc2[nH]cc(CCNC(=O)CC(=O)/C=C/c3ccc(O)c(OC)c3)c2c1. The Morgan fingerprint density at radius 3 is 2.73 bits per heavy atom. The Labute approximate surface area is 174 Å². The number of ether oxygens (including phenoxy) is 2. The number of phenolic OH excluding ortho intramolecular Hbond substituents is 1. The van der Waals surface area contributed by atoms with Gasteiger partial charge in [-0.2, -0.15) is 0 Å². The lowest BCUT2D eigenvalue weighted by Gasteiger charge is -2.05. The molecule has 0 bridgehead atoms. The molecule has 0 aliphatic heterocycles. The van der Waals surface area contributed by atoms with Gasteiger partial charge in [-0.25, -0.2) is 0 Å². The lowest BCUT2D eigenvalue weighted by molar-refractivity contribution is -0.126. The first kappa shape index (κ1) is 21.0. The summed E-state index contributed by atoms with van der Waals surface area (Å²) in [4.78, 5) is 27.3. The van der Waals surface area contributed by atoms with Crippen LogP contribution in [-0.2, 0) is 16.0 Å². The number of ketones is 1. The third-order valence-corrected chi connectivity index (χ3v) is 4.69. The molecule has 156 valence electrons. The molecule has 1 aromatic heterocycles. The summed E-state index contributed by atoms with van der Waals surface area (Å²) in [7, 11) is 3.07. The smallest absolute Gasteiger partial charge is 0.227 e. The number of fused-ring (bicyclic) bond motifs is 1. The van der Waals surface area contributed by atoms with Crippen LogP contribution in [0.5, 0.6) is 17.2 Å². The van der Waals surface area contributed by atoms with Gasteiger partial charge in [-0.3, -0.25) is 9.59 Å². The second-order valence-corrected chi connectivity index (χ2v) is 6.73. The highest BCUT2D eigenvalue weighted by molar-refractivity contribution is 6.05. The average molecular weight is 408 g/mol. The molecule has 0 unspecified atom stereocenters. The maximum atomic E-state index is 12.1. The Morgan fingerprint density at radius 2 is 1.97 bits per heavy atom. The van der Waals surface area contributed by atoms with Crippen molar-refractivity contribution in [1.82, 2.24) is 10.3 Å². The number of hydrogen-bond acceptors (Lipinski definition) is 5. The van der Waals surface area contributed by atoms with E-state index in [1.165, 1.54) is 19.3 Å². The molecule has 0 aliphatic carbocycles. The van der Waals surface area contributed by atoms with Crippen LogP contribution in [0, 0.1) is 0 Å². The van der Waals surface area contributed by atoms with Gasteiger partial charge in [0.1, 0.15) is 5.75 Å². The van der Waals surface area contributed by atoms with Crippen LogP contribution in [0.1, 0.15) is 17.5 Å². The van der Waals surface area contributed by atoms with Crippen molar-refractivity contribution < 1.29 is 24.2 Å². The van der Waals surface area contributed by atoms with Crippen LogP contribution in [-0.4, -0.2) is 42.5 Å². The Hall–Kier alpha value is -3.74. The van der Waals surface area contributed by atoms with Crippen LogP contribution in [0.25, 0.3) is 17.0 Å². The predicted octanol–water partition coefficient (Wildman–Crippen LogP) is 3.22. The number of hydrogen-bond donors (Lipinski definition) is 3. The Bertz CT molecular complexity index is 1080. The predicted molar refractivity (Wildman–Crippen MR) is 115 cm³/mol. The van der Waals surface area contributed by atoms with Crippen molar-refractivity contribution in [3.8, 4) is 17.2 Å². The van der Waals surface area contributed by atoms with E-state index in [1.54, 1.807) is 25.3 Å². The quantitative estimate of drug-likeness (QED) is 0.373. The van der Waals surface area contributed by atoms with E-state index in [0.29, 0.717) is 24.3 Å². The standard InChI is InChI=1S/C23H24N2O5/c1-29-18-6-7-20-19(13-18)16(14-25-20)9-10-24-23(28)12-17(26)5-3-15-4-8-21(27)22(11-15)30-2/h3-8,11,13-14,25,27H,9-10,12H2,1-2H3,(H,24,28)/b5-3+. The molecular weight excluding hydrogens is 384 g/mol. The number of rotatable bonds is 9. The number of aromatic hydroxyl groups is 1. The van der Waals surface area contributed by atoms with E-state index < -0.39 is 0 Å². The molecule has 0 fully saturated rings. The Balaban J connectivity index is 1.49. The number of carbonyl (C=O) groups excluding carboxylic acids is 2. The number of aromatic amines is 1. The van der Waals surface area contributed by atoms with Crippen LogP contribution in [0.4, 0.5) is 0 Å². The van der Waals surface area contributed by atoms with E-state index in [-0.39, 0.29) is 23.9 Å². The minimum Gasteiger partial charge on any atom is -0.504 e. The zero-order valence-corrected chi connectivity index (χ0v) is 16.9. The number of allylic oxidation sites excluding steroid dienone is 1. The molecule has 0 saturated carbocycles. The van der Waals surface area contributed by atoms with Gasteiger partial charge in [0, 0.05) is 23.6 Å². The molecule has 0 radical (unpaired) electrons. The molecule has 0 atom stereocenters. The lowest BCUT2D eigenvalue weighted by atomic mass is 10.1. The number of phenols is 1. The molecule has 2 aromatic carbocycles. The maximum absolute atomic E-state index is 12.1. The normalized spacial score (nSPS) is 11.0. The van der Waals surface area contributed by atoms with E-state index >= 15 is 0 Å². The zero-order chi connectivity index (χ0) is 21.5. The minimum atomic E-state index is -0.328. The molecule has 7 heteroatoms. The number of H-pyrrole nitrogens is 1. The zero-order valence-electron chi connectivity index (χ0n) is 16.9. The third-order valence-electron chi connectivity index (χ3n) is 4.69. The van der Waals surface area contributed by atoms with Crippen LogP contribution in [0.3, 0.4) is 0 Å². The van der Waals surface area contributed by atoms with E-state index in [0.717, 1.165) is 22.2 Å². The van der Waals surface area contributed by atoms with Gasteiger partial charge in [-0.1, -0.05) is 12.1 Å². The van der Waals surface area contributed by atoms with Crippen molar-refractivity contribution in [1.29, 1.82) is 0 Å². The topological polar surface area (TPSA) is 101 Å². The molecule has 3 N–H and O–H groups in total. The highest BCUT2D eigenvalue weighted by Gasteiger charge is 2.09. The van der Waals surface area contributed by atoms with Crippen LogP contribution in [0.15, 0.2) is 48.7 Å². The maximum Gasteiger partial charge on any atom is 0.227 e. The molecule has 1 heterocycles. The summed E-state index contributed by atoms with van der Waals surface area (Å²) in [6, 6.07) is 10.5. The number of aromatic nitrogens is 1. The largest absolute Gasteiger partial charge is 0.504 e. The number of carbonyl (C=O) groups is 2. The second kappa shape index (κ2) is 9.65. The molecular formula is C23H24N2O5. The lowest BCUT2D eigenvalue weighted by Crippen LogP contribution is -2.27. The minimum absolute atomic E-state index is 0.0222. The summed E-state index contributed by atoms with van der Waals surface area (Å²) in [6.45, 7) is 0.426. The fourth-order valence-corrected chi connectivity index (χ4v) is 3.09. The highest BCUT2D eigenvalue weighted by atomic mass is 16.5. The average Bonchev–Trinajstić information content (AvgIpc) is 3.15. The molecule has 3 rings (SSSR count). The van der Waals surface area contributed by atoms with Gasteiger partial charge in [0.2, 0.25) is 5.91 Å². The summed E-state index contributed by atoms with van der Waals surface area (Å²) >= 11 is 0. The van der Waals surface area contributed by atoms with E-state index in [2.05, 4.69) is 10.3 Å². The van der Waals surface area contributed by atoms with Crippen molar-refractivity contribution >= 4 is 28.7 Å². The molecule has 1 amide bonds. The van der Waals surface area contributed by atoms with Gasteiger partial charge in [-0.05, 0) is 54.0 Å². The van der Waals surface area contributed by atoms with Gasteiger partial charge < -0.3 is 24.9 Å². The highest BCUT2D eigenvalue weighted by Crippen LogP contribution is 2.27. The molecule has 30 heavy (non-hydrogen) atoms. The summed E-state index contributed by atoms with van der Waals surface area (Å²) in [6.07, 6.45) is 5.24. The van der Waals surface area contributed by atoms with Crippen molar-refractivity contribution in [2.24, 2.45) is 0 Å². The first-order valence-electron chi connectivity index (χ1n) is 9.48. The van der Waals surface area contributed by atoms with Gasteiger partial charge in [0.15, 0.2) is 17.3 Å². The van der Waals surface area contributed by atoms with Crippen LogP contribution in [0.2, 0.25) is 0 Å². The number of amides is 1.